The minimum Gasteiger partial charge on any atom is -0.392 e. The molecule has 2 aliphatic rings. The van der Waals surface area contributed by atoms with Crippen LogP contribution in [-0.2, 0) is 8.85 Å². The molecule has 10 heteroatoms. The molecule has 0 spiro atoms. The average molecular weight is 512 g/mol. The molecule has 2 aromatic heterocycles. The summed E-state index contributed by atoms with van der Waals surface area (Å²) in [6, 6.07) is 9.10. The molecule has 1 amide bonds. The van der Waals surface area contributed by atoms with Crippen molar-refractivity contribution < 1.29 is 13.6 Å². The van der Waals surface area contributed by atoms with Crippen molar-refractivity contribution in [3.8, 4) is 0 Å². The number of hydrogen-bond acceptors (Lipinski definition) is 6. The van der Waals surface area contributed by atoms with Crippen molar-refractivity contribution in [3.05, 3.63) is 54.0 Å². The fourth-order valence-corrected chi connectivity index (χ4v) is 12.1. The first-order valence-corrected chi connectivity index (χ1v) is 14.8. The van der Waals surface area contributed by atoms with Crippen LogP contribution in [0.2, 0.25) is 10.1 Å². The summed E-state index contributed by atoms with van der Waals surface area (Å²) in [6.07, 6.45) is 4.20. The minimum atomic E-state index is -2.55. The molecule has 0 bridgehead atoms. The van der Waals surface area contributed by atoms with E-state index in [0.717, 1.165) is 6.42 Å². The van der Waals surface area contributed by atoms with Crippen LogP contribution in [0, 0.1) is 0 Å². The van der Waals surface area contributed by atoms with Crippen LogP contribution in [0.15, 0.2) is 48.0 Å². The molecule has 0 radical (unpaired) electrons. The molecule has 3 atom stereocenters. The Morgan fingerprint density at radius 1 is 1.14 bits per heavy atom. The van der Waals surface area contributed by atoms with E-state index in [0.29, 0.717) is 28.8 Å². The van der Waals surface area contributed by atoms with Gasteiger partial charge in [-0.15, -0.1) is 11.8 Å². The summed E-state index contributed by atoms with van der Waals surface area (Å²) in [5.74, 6) is -0.298. The number of thioether (sulfide) groups is 1. The third-order valence-electron chi connectivity index (χ3n) is 6.85. The Balaban J connectivity index is 1.52. The van der Waals surface area contributed by atoms with E-state index >= 15 is 0 Å². The standard InChI is InChI=1S/C25H33N5O3SSi/c1-24(2,3)35(25(4,5)6)32-13-18-17(33-35)12-19(34-18)30-15-28-21-20(26-14-27-21)22(30)29-23(31)16-10-8-7-9-11-16/h7-11,14-15,17-19H,12-13H2,1-6H3,(H,26,27)/t17-,18+,19+/m0/s1. The number of aromatic nitrogens is 4. The fourth-order valence-electron chi connectivity index (χ4n) is 5.42. The van der Waals surface area contributed by atoms with Gasteiger partial charge in [-0.1, -0.05) is 59.7 Å². The number of H-pyrrole nitrogens is 1. The lowest BCUT2D eigenvalue weighted by Crippen LogP contribution is -2.63. The summed E-state index contributed by atoms with van der Waals surface area (Å²) in [5.41, 5.74) is 2.26. The normalized spacial score (nSPS) is 25.1. The van der Waals surface area contributed by atoms with E-state index in [1.807, 2.05) is 34.5 Å². The Morgan fingerprint density at radius 3 is 2.54 bits per heavy atom. The Morgan fingerprint density at radius 2 is 1.86 bits per heavy atom. The number of nitrogens with zero attached hydrogens (tertiary/aromatic N) is 4. The van der Waals surface area contributed by atoms with E-state index in [2.05, 4.69) is 61.5 Å². The topological polar surface area (TPSA) is 94.4 Å². The average Bonchev–Trinajstić information content (AvgIpc) is 3.44. The Hall–Kier alpha value is -2.27. The highest BCUT2D eigenvalue weighted by Crippen LogP contribution is 2.57. The molecule has 5 rings (SSSR count). The molecule has 1 aromatic carbocycles. The Bertz CT molecular complexity index is 1290. The summed E-state index contributed by atoms with van der Waals surface area (Å²) in [4.78, 5) is 29.5. The SMILES string of the molecule is CC(C)(C)[Si]1(C(C)(C)C)OC[C@H]2S[C@@H](n3cnc4nc[nH]c4c3=NC(=O)c3ccccc3)C[C@@H]2O1. The zero-order valence-corrected chi connectivity index (χ0v) is 22.9. The number of imidazole rings is 1. The number of nitrogens with one attached hydrogen (secondary N) is 1. The van der Waals surface area contributed by atoms with Crippen molar-refractivity contribution in [2.45, 2.75) is 74.8 Å². The first kappa shape index (κ1) is 24.4. The summed E-state index contributed by atoms with van der Waals surface area (Å²) in [6.45, 7) is 14.1. The Labute approximate surface area is 210 Å². The maximum atomic E-state index is 13.0. The highest BCUT2D eigenvalue weighted by molar-refractivity contribution is 8.00. The van der Waals surface area contributed by atoms with Crippen LogP contribution in [0.3, 0.4) is 0 Å². The van der Waals surface area contributed by atoms with Gasteiger partial charge in [0.1, 0.15) is 5.52 Å². The number of hydrogen-bond donors (Lipinski definition) is 1. The second-order valence-electron chi connectivity index (χ2n) is 11.3. The van der Waals surface area contributed by atoms with Gasteiger partial charge in [-0.05, 0) is 12.1 Å². The van der Waals surface area contributed by atoms with Crippen molar-refractivity contribution in [2.75, 3.05) is 6.61 Å². The number of carbonyl (C=O) groups excluding carboxylic acids is 1. The van der Waals surface area contributed by atoms with Crippen LogP contribution in [-0.4, -0.2) is 51.9 Å². The van der Waals surface area contributed by atoms with Crippen molar-refractivity contribution in [3.63, 3.8) is 0 Å². The van der Waals surface area contributed by atoms with Gasteiger partial charge in [-0.2, -0.15) is 4.99 Å². The maximum Gasteiger partial charge on any atom is 0.349 e. The van der Waals surface area contributed by atoms with Crippen LogP contribution in [0.4, 0.5) is 0 Å². The van der Waals surface area contributed by atoms with Crippen LogP contribution >= 0.6 is 11.8 Å². The molecule has 186 valence electrons. The van der Waals surface area contributed by atoms with E-state index in [9.17, 15) is 4.79 Å². The Kier molecular flexibility index (Phi) is 6.06. The van der Waals surface area contributed by atoms with Crippen LogP contribution in [0.5, 0.6) is 0 Å². The van der Waals surface area contributed by atoms with Gasteiger partial charge in [0, 0.05) is 22.1 Å². The third kappa shape index (κ3) is 4.20. The molecule has 35 heavy (non-hydrogen) atoms. The van der Waals surface area contributed by atoms with E-state index in [4.69, 9.17) is 8.85 Å². The molecule has 3 aromatic rings. The molecule has 8 nitrogen and oxygen atoms in total. The van der Waals surface area contributed by atoms with E-state index in [-0.39, 0.29) is 32.7 Å². The van der Waals surface area contributed by atoms with Gasteiger partial charge < -0.3 is 18.4 Å². The number of rotatable bonds is 2. The summed E-state index contributed by atoms with van der Waals surface area (Å²) in [7, 11) is -2.55. The maximum absolute atomic E-state index is 13.0. The second kappa shape index (κ2) is 8.69. The van der Waals surface area contributed by atoms with Gasteiger partial charge in [0.25, 0.3) is 5.91 Å². The van der Waals surface area contributed by atoms with E-state index < -0.39 is 8.56 Å². The van der Waals surface area contributed by atoms with Crippen molar-refractivity contribution in [1.82, 2.24) is 19.5 Å². The predicted octanol–water partition coefficient (Wildman–Crippen LogP) is 4.96. The van der Waals surface area contributed by atoms with Gasteiger partial charge in [-0.25, -0.2) is 9.97 Å². The van der Waals surface area contributed by atoms with Crippen LogP contribution < -0.4 is 5.49 Å². The van der Waals surface area contributed by atoms with Gasteiger partial charge in [0.05, 0.1) is 36.0 Å². The lowest BCUT2D eigenvalue weighted by molar-refractivity contribution is 0.0260. The van der Waals surface area contributed by atoms with Gasteiger partial charge >= 0.3 is 8.56 Å². The zero-order valence-electron chi connectivity index (χ0n) is 21.1. The van der Waals surface area contributed by atoms with Gasteiger partial charge in [0.15, 0.2) is 11.1 Å². The first-order chi connectivity index (χ1) is 16.5. The fraction of sp³-hybridized carbons (Fsp3) is 0.520. The number of amides is 1. The molecule has 4 heterocycles. The van der Waals surface area contributed by atoms with E-state index in [1.54, 1.807) is 24.8 Å². The molecule has 0 saturated carbocycles. The molecule has 0 unspecified atom stereocenters. The van der Waals surface area contributed by atoms with Gasteiger partial charge in [-0.3, -0.25) is 4.79 Å². The molecule has 1 N–H and O–H groups in total. The minimum absolute atomic E-state index is 0.0147. The van der Waals surface area contributed by atoms with Crippen molar-refractivity contribution >= 4 is 37.4 Å². The monoisotopic (exact) mass is 511 g/mol. The highest BCUT2D eigenvalue weighted by atomic mass is 32.2. The summed E-state index contributed by atoms with van der Waals surface area (Å²) in [5, 5.41) is 0.102. The van der Waals surface area contributed by atoms with E-state index in [1.165, 1.54) is 0 Å². The summed E-state index contributed by atoms with van der Waals surface area (Å²) >= 11 is 1.81. The van der Waals surface area contributed by atoms with Crippen LogP contribution in [0.1, 0.15) is 63.7 Å². The number of carbonyl (C=O) groups is 1. The predicted molar refractivity (Wildman–Crippen MR) is 139 cm³/mol. The number of benzene rings is 1. The van der Waals surface area contributed by atoms with Crippen molar-refractivity contribution in [2.24, 2.45) is 4.99 Å². The lowest BCUT2D eigenvalue weighted by atomic mass is 10.2. The quantitative estimate of drug-likeness (QED) is 0.489. The molecule has 2 fully saturated rings. The molecular formula is C25H33N5O3SSi. The number of aromatic amines is 1. The largest absolute Gasteiger partial charge is 0.392 e. The third-order valence-corrected chi connectivity index (χ3v) is 13.5. The zero-order chi connectivity index (χ0) is 25.0. The first-order valence-electron chi connectivity index (χ1n) is 12.0. The highest BCUT2D eigenvalue weighted by Gasteiger charge is 2.63. The van der Waals surface area contributed by atoms with Crippen LogP contribution in [0.25, 0.3) is 11.2 Å². The molecular weight excluding hydrogens is 478 g/mol. The molecule has 2 saturated heterocycles. The smallest absolute Gasteiger partial charge is 0.349 e. The van der Waals surface area contributed by atoms with Gasteiger partial charge in [0.2, 0.25) is 0 Å². The lowest BCUT2D eigenvalue weighted by Gasteiger charge is -2.53. The summed E-state index contributed by atoms with van der Waals surface area (Å²) < 4.78 is 15.7. The second-order valence-corrected chi connectivity index (χ2v) is 17.5. The molecule has 0 aliphatic carbocycles. The number of fused-ring (bicyclic) bond motifs is 2. The van der Waals surface area contributed by atoms with Crippen molar-refractivity contribution in [1.29, 1.82) is 0 Å². The molecule has 2 aliphatic heterocycles.